The molecule has 13 heavy (non-hydrogen) atoms. The number of nitrogens with zero attached hydrogens (tertiary/aromatic N) is 1. The van der Waals surface area contributed by atoms with Gasteiger partial charge in [-0.05, 0) is 24.8 Å². The zero-order valence-electron chi connectivity index (χ0n) is 8.09. The van der Waals surface area contributed by atoms with E-state index in [1.54, 1.807) is 0 Å². The van der Waals surface area contributed by atoms with Crippen LogP contribution in [-0.2, 0) is 0 Å². The van der Waals surface area contributed by atoms with E-state index in [-0.39, 0.29) is 0 Å². The van der Waals surface area contributed by atoms with Crippen LogP contribution in [0.1, 0.15) is 32.6 Å². The summed E-state index contributed by atoms with van der Waals surface area (Å²) in [7, 11) is 0. The Hall–Kier alpha value is -1.18. The number of rotatable bonds is 3. The minimum absolute atomic E-state index is 0.660. The maximum absolute atomic E-state index is 7.01. The van der Waals surface area contributed by atoms with Crippen LogP contribution in [0.25, 0.3) is 0 Å². The summed E-state index contributed by atoms with van der Waals surface area (Å²) in [6, 6.07) is 0. The molecular weight excluding hydrogens is 160 g/mol. The van der Waals surface area contributed by atoms with E-state index in [4.69, 9.17) is 5.41 Å². The molecule has 1 rings (SSSR count). The number of hydrogen-bond acceptors (Lipinski definition) is 2. The highest BCUT2D eigenvalue weighted by atomic mass is 14.7. The molecule has 0 radical (unpaired) electrons. The van der Waals surface area contributed by atoms with Crippen molar-refractivity contribution in [2.75, 3.05) is 0 Å². The monoisotopic (exact) mass is 176 g/mol. The second-order valence-corrected chi connectivity index (χ2v) is 3.07. The van der Waals surface area contributed by atoms with Gasteiger partial charge in [-0.15, -0.1) is 0 Å². The van der Waals surface area contributed by atoms with Crippen molar-refractivity contribution in [1.82, 2.24) is 0 Å². The van der Waals surface area contributed by atoms with Crippen molar-refractivity contribution in [1.29, 1.82) is 5.41 Å². The lowest BCUT2D eigenvalue weighted by molar-refractivity contribution is 0.991. The van der Waals surface area contributed by atoms with E-state index in [0.29, 0.717) is 6.42 Å². The first-order valence-electron chi connectivity index (χ1n) is 4.78. The summed E-state index contributed by atoms with van der Waals surface area (Å²) in [4.78, 5) is 4.34. The predicted octanol–water partition coefficient (Wildman–Crippen LogP) is 3.11. The summed E-state index contributed by atoms with van der Waals surface area (Å²) in [6.07, 6.45) is 11.5. The van der Waals surface area contributed by atoms with Crippen molar-refractivity contribution in [3.8, 4) is 0 Å². The number of nitrogens with one attached hydrogen (secondary N) is 1. The quantitative estimate of drug-likeness (QED) is 0.641. The maximum Gasteiger partial charge on any atom is 0.0417 e. The first-order valence-corrected chi connectivity index (χ1v) is 4.78. The third-order valence-corrected chi connectivity index (χ3v) is 2.07. The van der Waals surface area contributed by atoms with Crippen molar-refractivity contribution >= 4 is 12.4 Å². The molecule has 0 saturated heterocycles. The van der Waals surface area contributed by atoms with Gasteiger partial charge in [-0.2, -0.15) is 0 Å². The fourth-order valence-electron chi connectivity index (χ4n) is 1.27. The Morgan fingerprint density at radius 2 is 2.23 bits per heavy atom. The number of aliphatic imine (C=N–C) groups is 1. The lowest BCUT2D eigenvalue weighted by Gasteiger charge is -2.03. The normalized spacial score (nSPS) is 27.5. The second-order valence-electron chi connectivity index (χ2n) is 3.07. The minimum atomic E-state index is 0.660. The Bertz CT molecular complexity index is 259. The average Bonchev–Trinajstić information content (AvgIpc) is 2.11. The molecule has 0 aromatic rings. The molecule has 0 fully saturated rings. The van der Waals surface area contributed by atoms with Crippen molar-refractivity contribution in [3.05, 3.63) is 23.4 Å². The molecule has 0 saturated carbocycles. The predicted molar refractivity (Wildman–Crippen MR) is 57.6 cm³/mol. The van der Waals surface area contributed by atoms with E-state index in [1.807, 2.05) is 6.21 Å². The Morgan fingerprint density at radius 1 is 1.46 bits per heavy atom. The summed E-state index contributed by atoms with van der Waals surface area (Å²) in [5.74, 6) is 0. The van der Waals surface area contributed by atoms with E-state index in [0.717, 1.165) is 25.0 Å². The number of allylic oxidation sites excluding steroid dienone is 4. The molecule has 0 aliphatic carbocycles. The van der Waals surface area contributed by atoms with E-state index >= 15 is 0 Å². The van der Waals surface area contributed by atoms with Crippen LogP contribution < -0.4 is 0 Å². The van der Waals surface area contributed by atoms with Gasteiger partial charge in [0.15, 0.2) is 0 Å². The zero-order valence-corrected chi connectivity index (χ0v) is 8.09. The third kappa shape index (κ3) is 3.36. The molecule has 70 valence electrons. The molecule has 1 N–H and O–H groups in total. The summed E-state index contributed by atoms with van der Waals surface area (Å²) in [6.45, 7) is 2.14. The van der Waals surface area contributed by atoms with E-state index < -0.39 is 0 Å². The molecule has 1 aliphatic heterocycles. The molecule has 1 aliphatic rings. The molecule has 0 atom stereocenters. The molecule has 0 spiro atoms. The molecule has 0 aromatic carbocycles. The fraction of sp³-hybridized carbons (Fsp3) is 0.455. The standard InChI is InChI=1S/C11H16N2/c1-2-10-5-3-4-6-11(7-8-12)13-9-10/h5-6,8-9,12H,2-4,7H2,1H3/b10-5-,11-6-,12-8?,13-9+. The van der Waals surface area contributed by atoms with Crippen LogP contribution in [0.15, 0.2) is 28.4 Å². The van der Waals surface area contributed by atoms with Crippen LogP contribution in [0.4, 0.5) is 0 Å². The molecule has 1 heterocycles. The van der Waals surface area contributed by atoms with Crippen molar-refractivity contribution in [2.45, 2.75) is 32.6 Å². The van der Waals surface area contributed by atoms with E-state index in [1.165, 1.54) is 11.8 Å². The van der Waals surface area contributed by atoms with Gasteiger partial charge < -0.3 is 5.41 Å². The van der Waals surface area contributed by atoms with Crippen LogP contribution in [-0.4, -0.2) is 12.4 Å². The highest BCUT2D eigenvalue weighted by Crippen LogP contribution is 2.11. The average molecular weight is 176 g/mol. The van der Waals surface area contributed by atoms with Crippen molar-refractivity contribution in [3.63, 3.8) is 0 Å². The highest BCUT2D eigenvalue weighted by molar-refractivity contribution is 5.79. The second kappa shape index (κ2) is 5.46. The van der Waals surface area contributed by atoms with Gasteiger partial charge in [-0.3, -0.25) is 4.99 Å². The Morgan fingerprint density at radius 3 is 2.92 bits per heavy atom. The van der Waals surface area contributed by atoms with Gasteiger partial charge in [-0.25, -0.2) is 0 Å². The van der Waals surface area contributed by atoms with Crippen molar-refractivity contribution < 1.29 is 0 Å². The smallest absolute Gasteiger partial charge is 0.0417 e. The minimum Gasteiger partial charge on any atom is -0.313 e. The van der Waals surface area contributed by atoms with Gasteiger partial charge >= 0.3 is 0 Å². The van der Waals surface area contributed by atoms with Gasteiger partial charge in [-0.1, -0.05) is 19.1 Å². The molecule has 0 amide bonds. The molecule has 0 unspecified atom stereocenters. The summed E-state index contributed by atoms with van der Waals surface area (Å²) < 4.78 is 0. The van der Waals surface area contributed by atoms with Crippen LogP contribution in [0.2, 0.25) is 0 Å². The number of hydrogen-bond donors (Lipinski definition) is 1. The van der Waals surface area contributed by atoms with Crippen LogP contribution >= 0.6 is 0 Å². The Balaban J connectivity index is 2.69. The maximum atomic E-state index is 7.01. The van der Waals surface area contributed by atoms with Gasteiger partial charge in [0.05, 0.1) is 0 Å². The Kier molecular flexibility index (Phi) is 4.16. The van der Waals surface area contributed by atoms with E-state index in [9.17, 15) is 0 Å². The first kappa shape index (κ1) is 9.90. The van der Waals surface area contributed by atoms with Gasteiger partial charge in [0.2, 0.25) is 0 Å². The lowest BCUT2D eigenvalue weighted by atomic mass is 10.1. The summed E-state index contributed by atoms with van der Waals surface area (Å²) in [5.41, 5.74) is 2.32. The zero-order chi connectivity index (χ0) is 9.52. The molecular formula is C11H16N2. The summed E-state index contributed by atoms with van der Waals surface area (Å²) in [5, 5.41) is 7.01. The van der Waals surface area contributed by atoms with Gasteiger partial charge in [0, 0.05) is 24.5 Å². The van der Waals surface area contributed by atoms with Gasteiger partial charge in [0.25, 0.3) is 0 Å². The summed E-state index contributed by atoms with van der Waals surface area (Å²) >= 11 is 0. The molecule has 0 bridgehead atoms. The van der Waals surface area contributed by atoms with Crippen LogP contribution in [0.3, 0.4) is 0 Å². The highest BCUT2D eigenvalue weighted by Gasteiger charge is 1.96. The molecule has 2 nitrogen and oxygen atoms in total. The lowest BCUT2D eigenvalue weighted by Crippen LogP contribution is -1.90. The van der Waals surface area contributed by atoms with Crippen LogP contribution in [0.5, 0.6) is 0 Å². The topological polar surface area (TPSA) is 36.2 Å². The van der Waals surface area contributed by atoms with Crippen LogP contribution in [0, 0.1) is 5.41 Å². The Labute approximate surface area is 79.6 Å². The van der Waals surface area contributed by atoms with Gasteiger partial charge in [0.1, 0.15) is 0 Å². The fourth-order valence-corrected chi connectivity index (χ4v) is 1.27. The largest absolute Gasteiger partial charge is 0.313 e. The SMILES string of the molecule is CCC1=C\CC\C=C(CC=N)/N=C/1. The third-order valence-electron chi connectivity index (χ3n) is 2.07. The molecule has 2 heteroatoms. The van der Waals surface area contributed by atoms with E-state index in [2.05, 4.69) is 24.1 Å². The molecule has 0 aromatic heterocycles. The van der Waals surface area contributed by atoms with Crippen molar-refractivity contribution in [2.24, 2.45) is 4.99 Å². The first-order chi connectivity index (χ1) is 6.36.